The number of fused-ring (bicyclic) bond motifs is 1. The standard InChI is InChI=1S/C27H33N7O6S/c1-15-22(25(36)37)41-27(29-15)32-26-30-23-17(24(31-26)34-10-8-28-20(35)14-34)7-5-6-9-33(23)13-16-11-18(38-2)21(40-4)19(12-16)39-3/h11-12H,5-10,13-14H2,1-4H3,(H,28,35)(H,36,37)(H,29,30,31,32). The van der Waals surface area contributed by atoms with Crippen molar-refractivity contribution in [1.82, 2.24) is 20.3 Å². The number of amides is 1. The number of hydrogen-bond donors (Lipinski definition) is 3. The summed E-state index contributed by atoms with van der Waals surface area (Å²) in [7, 11) is 4.75. The summed E-state index contributed by atoms with van der Waals surface area (Å²) in [6.45, 7) is 4.23. The summed E-state index contributed by atoms with van der Waals surface area (Å²) in [5.41, 5.74) is 2.33. The topological polar surface area (TPSA) is 151 Å². The van der Waals surface area contributed by atoms with E-state index in [9.17, 15) is 14.7 Å². The van der Waals surface area contributed by atoms with Gasteiger partial charge >= 0.3 is 5.97 Å². The number of carbonyl (C=O) groups excluding carboxylic acids is 1. The first-order valence-corrected chi connectivity index (χ1v) is 14.1. The Hall–Kier alpha value is -4.33. The van der Waals surface area contributed by atoms with Crippen LogP contribution in [0.4, 0.5) is 22.7 Å². The van der Waals surface area contributed by atoms with Gasteiger partial charge < -0.3 is 34.4 Å². The fraction of sp³-hybridized carbons (Fsp3) is 0.444. The van der Waals surface area contributed by atoms with Crippen LogP contribution in [0.1, 0.15) is 39.3 Å². The summed E-state index contributed by atoms with van der Waals surface area (Å²) in [6.07, 6.45) is 2.64. The number of nitrogens with one attached hydrogen (secondary N) is 2. The number of rotatable bonds is 9. The predicted molar refractivity (Wildman–Crippen MR) is 154 cm³/mol. The van der Waals surface area contributed by atoms with Crippen LogP contribution in [0.5, 0.6) is 17.2 Å². The van der Waals surface area contributed by atoms with E-state index in [2.05, 4.69) is 20.5 Å². The van der Waals surface area contributed by atoms with Crippen molar-refractivity contribution in [3.8, 4) is 17.2 Å². The van der Waals surface area contributed by atoms with Gasteiger partial charge in [0.05, 0.1) is 33.6 Å². The van der Waals surface area contributed by atoms with E-state index in [4.69, 9.17) is 24.2 Å². The van der Waals surface area contributed by atoms with Crippen molar-refractivity contribution in [3.63, 3.8) is 0 Å². The molecular formula is C27H33N7O6S. The SMILES string of the molecule is COc1cc(CN2CCCCc3c(N4CCNC(=O)C4)nc(Nc4nc(C)c(C(=O)O)s4)nc32)cc(OC)c1OC. The minimum atomic E-state index is -1.03. The second kappa shape index (κ2) is 12.0. The minimum absolute atomic E-state index is 0.0670. The lowest BCUT2D eigenvalue weighted by atomic mass is 10.1. The molecule has 0 unspecified atom stereocenters. The molecule has 1 amide bonds. The Morgan fingerprint density at radius 2 is 1.80 bits per heavy atom. The lowest BCUT2D eigenvalue weighted by molar-refractivity contribution is -0.120. The highest BCUT2D eigenvalue weighted by Crippen LogP contribution is 2.40. The number of carboxylic acids is 1. The number of thiazole rings is 1. The summed E-state index contributed by atoms with van der Waals surface area (Å²) in [5.74, 6) is 2.28. The Balaban J connectivity index is 1.58. The van der Waals surface area contributed by atoms with E-state index in [-0.39, 0.29) is 23.3 Å². The molecule has 0 aliphatic carbocycles. The molecule has 0 saturated carbocycles. The zero-order valence-electron chi connectivity index (χ0n) is 23.4. The summed E-state index contributed by atoms with van der Waals surface area (Å²) in [5, 5.41) is 15.9. The van der Waals surface area contributed by atoms with E-state index in [1.54, 1.807) is 28.3 Å². The molecule has 3 aromatic rings. The molecule has 218 valence electrons. The van der Waals surface area contributed by atoms with Gasteiger partial charge in [0.25, 0.3) is 0 Å². The molecule has 1 aromatic carbocycles. The first-order valence-electron chi connectivity index (χ1n) is 13.2. The molecule has 41 heavy (non-hydrogen) atoms. The van der Waals surface area contributed by atoms with Crippen LogP contribution in [0.15, 0.2) is 12.1 Å². The van der Waals surface area contributed by atoms with Crippen molar-refractivity contribution >= 4 is 45.9 Å². The second-order valence-electron chi connectivity index (χ2n) is 9.72. The monoisotopic (exact) mass is 583 g/mol. The van der Waals surface area contributed by atoms with Crippen molar-refractivity contribution in [1.29, 1.82) is 0 Å². The largest absolute Gasteiger partial charge is 0.493 e. The zero-order chi connectivity index (χ0) is 29.1. The third kappa shape index (κ3) is 5.92. The molecule has 1 saturated heterocycles. The van der Waals surface area contributed by atoms with Gasteiger partial charge in [-0.25, -0.2) is 9.78 Å². The van der Waals surface area contributed by atoms with Crippen molar-refractivity contribution < 1.29 is 28.9 Å². The number of carboxylic acid groups (broad SMARTS) is 1. The van der Waals surface area contributed by atoms with Crippen LogP contribution in [0.25, 0.3) is 0 Å². The van der Waals surface area contributed by atoms with E-state index in [1.165, 1.54) is 0 Å². The van der Waals surface area contributed by atoms with Crippen LogP contribution in [0.2, 0.25) is 0 Å². The minimum Gasteiger partial charge on any atom is -0.493 e. The van der Waals surface area contributed by atoms with Crippen molar-refractivity contribution in [3.05, 3.63) is 33.8 Å². The maximum Gasteiger partial charge on any atom is 0.347 e. The third-order valence-electron chi connectivity index (χ3n) is 7.01. The molecule has 2 aromatic heterocycles. The van der Waals surface area contributed by atoms with Gasteiger partial charge in [-0.05, 0) is 43.9 Å². The molecular weight excluding hydrogens is 550 g/mol. The Bertz CT molecular complexity index is 1440. The second-order valence-corrected chi connectivity index (χ2v) is 10.7. The van der Waals surface area contributed by atoms with Gasteiger partial charge in [-0.1, -0.05) is 11.3 Å². The van der Waals surface area contributed by atoms with Gasteiger partial charge in [-0.15, -0.1) is 0 Å². The highest BCUT2D eigenvalue weighted by Gasteiger charge is 2.28. The number of aromatic carboxylic acids is 1. The molecule has 0 bridgehead atoms. The van der Waals surface area contributed by atoms with E-state index in [1.807, 2.05) is 17.0 Å². The molecule has 0 radical (unpaired) electrons. The van der Waals surface area contributed by atoms with Gasteiger partial charge in [-0.3, -0.25) is 10.1 Å². The Kier molecular flexibility index (Phi) is 8.28. The molecule has 2 aliphatic heterocycles. The summed E-state index contributed by atoms with van der Waals surface area (Å²) >= 11 is 1.03. The molecule has 0 atom stereocenters. The lowest BCUT2D eigenvalue weighted by Crippen LogP contribution is -2.48. The van der Waals surface area contributed by atoms with Gasteiger partial charge in [0, 0.05) is 31.7 Å². The van der Waals surface area contributed by atoms with E-state index in [0.29, 0.717) is 53.5 Å². The Labute approximate surface area is 241 Å². The average molecular weight is 584 g/mol. The van der Waals surface area contributed by atoms with E-state index < -0.39 is 5.97 Å². The average Bonchev–Trinajstić information content (AvgIpc) is 3.21. The van der Waals surface area contributed by atoms with Gasteiger partial charge in [0.1, 0.15) is 16.5 Å². The van der Waals surface area contributed by atoms with Crippen LogP contribution in [0.3, 0.4) is 0 Å². The van der Waals surface area contributed by atoms with Crippen LogP contribution in [-0.4, -0.2) is 79.4 Å². The van der Waals surface area contributed by atoms with Crippen molar-refractivity contribution in [2.45, 2.75) is 32.7 Å². The first kappa shape index (κ1) is 28.2. The molecule has 13 nitrogen and oxygen atoms in total. The van der Waals surface area contributed by atoms with Crippen molar-refractivity contribution in [2.75, 3.05) is 62.6 Å². The fourth-order valence-corrected chi connectivity index (χ4v) is 5.94. The molecule has 5 rings (SSSR count). The summed E-state index contributed by atoms with van der Waals surface area (Å²) in [4.78, 5) is 42.4. The predicted octanol–water partition coefficient (Wildman–Crippen LogP) is 2.99. The number of nitrogens with zero attached hydrogens (tertiary/aromatic N) is 5. The number of anilines is 4. The number of hydrogen-bond acceptors (Lipinski definition) is 12. The van der Waals surface area contributed by atoms with Crippen molar-refractivity contribution in [2.24, 2.45) is 0 Å². The number of methoxy groups -OCH3 is 3. The van der Waals surface area contributed by atoms with E-state index in [0.717, 1.165) is 54.1 Å². The molecule has 2 aliphatic rings. The quantitative estimate of drug-likeness (QED) is 0.340. The van der Waals surface area contributed by atoms with Crippen LogP contribution in [-0.2, 0) is 17.8 Å². The lowest BCUT2D eigenvalue weighted by Gasteiger charge is -2.31. The fourth-order valence-electron chi connectivity index (χ4n) is 5.14. The molecule has 14 heteroatoms. The van der Waals surface area contributed by atoms with Crippen LogP contribution >= 0.6 is 11.3 Å². The molecule has 1 fully saturated rings. The normalized spacial score (nSPS) is 15.1. The van der Waals surface area contributed by atoms with E-state index >= 15 is 0 Å². The number of piperazine rings is 1. The Morgan fingerprint density at radius 3 is 2.44 bits per heavy atom. The summed E-state index contributed by atoms with van der Waals surface area (Å²) in [6, 6.07) is 3.85. The molecule has 3 N–H and O–H groups in total. The third-order valence-corrected chi connectivity index (χ3v) is 8.07. The smallest absolute Gasteiger partial charge is 0.347 e. The van der Waals surface area contributed by atoms with Crippen LogP contribution in [0, 0.1) is 6.92 Å². The number of ether oxygens (including phenoxy) is 3. The van der Waals surface area contributed by atoms with Gasteiger partial charge in [0.2, 0.25) is 17.6 Å². The maximum absolute atomic E-state index is 12.3. The zero-order valence-corrected chi connectivity index (χ0v) is 24.3. The highest BCUT2D eigenvalue weighted by atomic mass is 32.1. The maximum atomic E-state index is 12.3. The number of aromatic nitrogens is 3. The number of aryl methyl sites for hydroxylation is 1. The molecule has 0 spiro atoms. The number of benzene rings is 1. The highest BCUT2D eigenvalue weighted by molar-refractivity contribution is 7.17. The van der Waals surface area contributed by atoms with Crippen LogP contribution < -0.4 is 34.6 Å². The Morgan fingerprint density at radius 1 is 1.07 bits per heavy atom. The van der Waals surface area contributed by atoms with Gasteiger partial charge in [-0.2, -0.15) is 9.97 Å². The summed E-state index contributed by atoms with van der Waals surface area (Å²) < 4.78 is 16.6. The first-order chi connectivity index (χ1) is 19.8. The van der Waals surface area contributed by atoms with Gasteiger partial charge in [0.15, 0.2) is 16.6 Å². The number of carbonyl (C=O) groups is 2. The molecule has 4 heterocycles.